The number of hydrogen-bond acceptors (Lipinski definition) is 3. The van der Waals surface area contributed by atoms with Crippen molar-refractivity contribution in [3.05, 3.63) is 29.8 Å². The van der Waals surface area contributed by atoms with Gasteiger partial charge < -0.3 is 15.8 Å². The van der Waals surface area contributed by atoms with Crippen LogP contribution in [-0.2, 0) is 11.2 Å². The third-order valence-corrected chi connectivity index (χ3v) is 2.87. The van der Waals surface area contributed by atoms with Gasteiger partial charge in [0.2, 0.25) is 5.91 Å². The van der Waals surface area contributed by atoms with Gasteiger partial charge in [0.1, 0.15) is 5.75 Å². The van der Waals surface area contributed by atoms with E-state index < -0.39 is 6.04 Å². The molecular formula is C14H23ClN2O2. The molecule has 4 nitrogen and oxygen atoms in total. The molecule has 0 spiro atoms. The van der Waals surface area contributed by atoms with Crippen molar-refractivity contribution >= 4 is 18.3 Å². The second-order valence-electron chi connectivity index (χ2n) is 4.66. The van der Waals surface area contributed by atoms with Gasteiger partial charge in [-0.25, -0.2) is 0 Å². The average molecular weight is 287 g/mol. The van der Waals surface area contributed by atoms with E-state index in [2.05, 4.69) is 5.32 Å². The zero-order valence-corrected chi connectivity index (χ0v) is 12.5. The minimum absolute atomic E-state index is 0. The number of carbonyl (C=O) groups excluding carboxylic acids is 1. The Morgan fingerprint density at radius 2 is 2.11 bits per heavy atom. The molecule has 0 saturated carbocycles. The van der Waals surface area contributed by atoms with Gasteiger partial charge in [-0.1, -0.05) is 26.0 Å². The number of nitrogens with two attached hydrogens (primary N) is 1. The first-order valence-electron chi connectivity index (χ1n) is 6.21. The highest BCUT2D eigenvalue weighted by molar-refractivity contribution is 5.85. The molecule has 0 radical (unpaired) electrons. The van der Waals surface area contributed by atoms with E-state index in [9.17, 15) is 4.79 Å². The van der Waals surface area contributed by atoms with Crippen molar-refractivity contribution < 1.29 is 9.53 Å². The fourth-order valence-corrected chi connectivity index (χ4v) is 1.58. The molecule has 0 aromatic heterocycles. The SMILES string of the molecule is COc1cccc(CCNC(=O)[C@H](N)C(C)C)c1.Cl. The average Bonchev–Trinajstić information content (AvgIpc) is 2.37. The van der Waals surface area contributed by atoms with E-state index in [0.29, 0.717) is 6.54 Å². The van der Waals surface area contributed by atoms with Gasteiger partial charge in [0.05, 0.1) is 13.2 Å². The number of ether oxygens (including phenoxy) is 1. The summed E-state index contributed by atoms with van der Waals surface area (Å²) in [6.45, 7) is 4.46. The van der Waals surface area contributed by atoms with E-state index in [1.165, 1.54) is 0 Å². The van der Waals surface area contributed by atoms with Gasteiger partial charge >= 0.3 is 0 Å². The minimum Gasteiger partial charge on any atom is -0.497 e. The zero-order valence-electron chi connectivity index (χ0n) is 11.7. The number of benzene rings is 1. The maximum absolute atomic E-state index is 11.6. The molecule has 19 heavy (non-hydrogen) atoms. The van der Waals surface area contributed by atoms with Crippen LogP contribution in [0.15, 0.2) is 24.3 Å². The van der Waals surface area contributed by atoms with Crippen molar-refractivity contribution in [2.75, 3.05) is 13.7 Å². The lowest BCUT2D eigenvalue weighted by Gasteiger charge is -2.15. The highest BCUT2D eigenvalue weighted by atomic mass is 35.5. The number of nitrogens with one attached hydrogen (secondary N) is 1. The first kappa shape index (κ1) is 17.7. The van der Waals surface area contributed by atoms with Crippen molar-refractivity contribution in [2.45, 2.75) is 26.3 Å². The first-order valence-corrected chi connectivity index (χ1v) is 6.21. The summed E-state index contributed by atoms with van der Waals surface area (Å²) in [7, 11) is 1.64. The van der Waals surface area contributed by atoms with Crippen molar-refractivity contribution in [3.8, 4) is 5.75 Å². The van der Waals surface area contributed by atoms with Gasteiger partial charge in [-0.05, 0) is 30.0 Å². The van der Waals surface area contributed by atoms with Crippen LogP contribution in [0.2, 0.25) is 0 Å². The summed E-state index contributed by atoms with van der Waals surface area (Å²) in [4.78, 5) is 11.6. The van der Waals surface area contributed by atoms with Crippen LogP contribution in [0.25, 0.3) is 0 Å². The van der Waals surface area contributed by atoms with E-state index in [4.69, 9.17) is 10.5 Å². The van der Waals surface area contributed by atoms with Crippen LogP contribution in [-0.4, -0.2) is 25.6 Å². The molecule has 1 atom stereocenters. The van der Waals surface area contributed by atoms with Gasteiger partial charge in [0.25, 0.3) is 0 Å². The van der Waals surface area contributed by atoms with Crippen LogP contribution >= 0.6 is 12.4 Å². The molecule has 1 rings (SSSR count). The Bertz CT molecular complexity index is 397. The lowest BCUT2D eigenvalue weighted by molar-refractivity contribution is -0.123. The quantitative estimate of drug-likeness (QED) is 0.837. The molecule has 1 aromatic rings. The summed E-state index contributed by atoms with van der Waals surface area (Å²) >= 11 is 0. The van der Waals surface area contributed by atoms with Crippen LogP contribution in [0.5, 0.6) is 5.75 Å². The summed E-state index contributed by atoms with van der Waals surface area (Å²) in [5.74, 6) is 0.896. The van der Waals surface area contributed by atoms with Gasteiger partial charge in [-0.15, -0.1) is 12.4 Å². The Balaban J connectivity index is 0.00000324. The fourth-order valence-electron chi connectivity index (χ4n) is 1.58. The maximum atomic E-state index is 11.6. The third kappa shape index (κ3) is 5.94. The van der Waals surface area contributed by atoms with Crippen molar-refractivity contribution in [1.82, 2.24) is 5.32 Å². The van der Waals surface area contributed by atoms with E-state index in [1.54, 1.807) is 7.11 Å². The number of amides is 1. The number of rotatable bonds is 6. The number of methoxy groups -OCH3 is 1. The molecule has 0 fully saturated rings. The Morgan fingerprint density at radius 1 is 1.42 bits per heavy atom. The highest BCUT2D eigenvalue weighted by Crippen LogP contribution is 2.12. The zero-order chi connectivity index (χ0) is 13.5. The van der Waals surface area contributed by atoms with Crippen molar-refractivity contribution in [2.24, 2.45) is 11.7 Å². The molecule has 0 aliphatic heterocycles. The summed E-state index contributed by atoms with van der Waals surface area (Å²) in [5, 5.41) is 2.84. The molecular weight excluding hydrogens is 264 g/mol. The minimum atomic E-state index is -0.435. The largest absolute Gasteiger partial charge is 0.497 e. The van der Waals surface area contributed by atoms with Gasteiger partial charge in [-0.3, -0.25) is 4.79 Å². The van der Waals surface area contributed by atoms with Crippen LogP contribution in [0, 0.1) is 5.92 Å². The molecule has 1 aromatic carbocycles. The molecule has 0 heterocycles. The Morgan fingerprint density at radius 3 is 2.68 bits per heavy atom. The van der Waals surface area contributed by atoms with E-state index >= 15 is 0 Å². The summed E-state index contributed by atoms with van der Waals surface area (Å²) in [5.41, 5.74) is 6.89. The van der Waals surface area contributed by atoms with Crippen LogP contribution in [0.1, 0.15) is 19.4 Å². The maximum Gasteiger partial charge on any atom is 0.237 e. The standard InChI is InChI=1S/C14H22N2O2.ClH/c1-10(2)13(15)14(17)16-8-7-11-5-4-6-12(9-11)18-3;/h4-6,9-10,13H,7-8,15H2,1-3H3,(H,16,17);1H/t13-;/m1./s1. The van der Waals surface area contributed by atoms with Crippen molar-refractivity contribution in [3.63, 3.8) is 0 Å². The van der Waals surface area contributed by atoms with Gasteiger partial charge in [-0.2, -0.15) is 0 Å². The topological polar surface area (TPSA) is 64.3 Å². The molecule has 108 valence electrons. The number of halogens is 1. The third-order valence-electron chi connectivity index (χ3n) is 2.87. The van der Waals surface area contributed by atoms with Crippen LogP contribution in [0.3, 0.4) is 0 Å². The summed E-state index contributed by atoms with van der Waals surface area (Å²) in [6.07, 6.45) is 0.772. The van der Waals surface area contributed by atoms with E-state index in [0.717, 1.165) is 17.7 Å². The van der Waals surface area contributed by atoms with Gasteiger partial charge in [0, 0.05) is 6.54 Å². The fraction of sp³-hybridized carbons (Fsp3) is 0.500. The summed E-state index contributed by atoms with van der Waals surface area (Å²) < 4.78 is 5.14. The molecule has 0 aliphatic carbocycles. The predicted molar refractivity (Wildman–Crippen MR) is 79.8 cm³/mol. The lowest BCUT2D eigenvalue weighted by atomic mass is 10.0. The Kier molecular flexibility index (Phi) is 8.19. The normalized spacial score (nSPS) is 11.6. The lowest BCUT2D eigenvalue weighted by Crippen LogP contribution is -2.44. The highest BCUT2D eigenvalue weighted by Gasteiger charge is 2.16. The first-order chi connectivity index (χ1) is 8.54. The molecule has 0 aliphatic rings. The van der Waals surface area contributed by atoms with Crippen molar-refractivity contribution in [1.29, 1.82) is 0 Å². The van der Waals surface area contributed by atoms with E-state index in [-0.39, 0.29) is 24.2 Å². The second-order valence-corrected chi connectivity index (χ2v) is 4.66. The molecule has 3 N–H and O–H groups in total. The molecule has 0 saturated heterocycles. The number of hydrogen-bond donors (Lipinski definition) is 2. The number of carbonyl (C=O) groups is 1. The molecule has 5 heteroatoms. The monoisotopic (exact) mass is 286 g/mol. The summed E-state index contributed by atoms with van der Waals surface area (Å²) in [6, 6.07) is 7.38. The van der Waals surface area contributed by atoms with Crippen LogP contribution < -0.4 is 15.8 Å². The van der Waals surface area contributed by atoms with Gasteiger partial charge in [0.15, 0.2) is 0 Å². The van der Waals surface area contributed by atoms with E-state index in [1.807, 2.05) is 38.1 Å². The molecule has 0 bridgehead atoms. The Labute approximate surface area is 121 Å². The smallest absolute Gasteiger partial charge is 0.237 e. The predicted octanol–water partition coefficient (Wildman–Crippen LogP) is 1.76. The molecule has 0 unspecified atom stereocenters. The van der Waals surface area contributed by atoms with Crippen LogP contribution in [0.4, 0.5) is 0 Å². The molecule has 1 amide bonds. The Hall–Kier alpha value is -1.26. The second kappa shape index (κ2) is 8.77.